The van der Waals surface area contributed by atoms with E-state index in [1.807, 2.05) is 49.4 Å². The van der Waals surface area contributed by atoms with Crippen LogP contribution < -0.4 is 4.31 Å². The third-order valence-electron chi connectivity index (χ3n) is 6.38. The molecule has 1 aromatic heterocycles. The van der Waals surface area contributed by atoms with Crippen molar-refractivity contribution in [2.75, 3.05) is 10.8 Å². The van der Waals surface area contributed by atoms with Crippen molar-refractivity contribution in [3.05, 3.63) is 95.9 Å². The highest BCUT2D eigenvalue weighted by Gasteiger charge is 2.40. The Morgan fingerprint density at radius 2 is 1.79 bits per heavy atom. The number of aryl methyl sites for hydroxylation is 1. The lowest BCUT2D eigenvalue weighted by Crippen LogP contribution is -2.39. The molecular weight excluding hydrogens is 450 g/mol. The molecule has 0 bridgehead atoms. The smallest absolute Gasteiger partial charge is 0.265 e. The molecule has 4 aromatic rings. The van der Waals surface area contributed by atoms with E-state index in [0.717, 1.165) is 22.2 Å². The molecule has 6 rings (SSSR count). The van der Waals surface area contributed by atoms with E-state index < -0.39 is 22.0 Å². The monoisotopic (exact) mass is 471 g/mol. The minimum atomic E-state index is -3.85. The Bertz CT molecular complexity index is 1550. The summed E-state index contributed by atoms with van der Waals surface area (Å²) in [4.78, 5) is 13.8. The van der Waals surface area contributed by atoms with Crippen LogP contribution >= 0.6 is 0 Å². The van der Waals surface area contributed by atoms with E-state index in [0.29, 0.717) is 23.3 Å². The van der Waals surface area contributed by atoms with Crippen LogP contribution in [-0.4, -0.2) is 31.6 Å². The van der Waals surface area contributed by atoms with E-state index in [2.05, 4.69) is 5.10 Å². The molecule has 3 heterocycles. The number of sulfonamides is 1. The van der Waals surface area contributed by atoms with Crippen LogP contribution in [0.4, 0.5) is 5.69 Å². The first-order valence-corrected chi connectivity index (χ1v) is 12.4. The SMILES string of the molecule is Cc1ccc(C2=NN(C(=O)CN3c4cccc5cccc(c45)S3(=O)=O)[C@@H](c3ccco3)C2)cc1. The minimum absolute atomic E-state index is 0.223. The highest BCUT2D eigenvalue weighted by atomic mass is 32.2. The number of carbonyl (C=O) groups is 1. The van der Waals surface area contributed by atoms with Crippen molar-refractivity contribution < 1.29 is 17.6 Å². The van der Waals surface area contributed by atoms with Gasteiger partial charge < -0.3 is 4.42 Å². The van der Waals surface area contributed by atoms with Crippen molar-refractivity contribution in [2.45, 2.75) is 24.3 Å². The number of benzene rings is 3. The van der Waals surface area contributed by atoms with Crippen LogP contribution in [-0.2, 0) is 14.8 Å². The highest BCUT2D eigenvalue weighted by Crippen LogP contribution is 2.42. The Morgan fingerprint density at radius 3 is 2.53 bits per heavy atom. The van der Waals surface area contributed by atoms with Gasteiger partial charge in [0.25, 0.3) is 15.9 Å². The summed E-state index contributed by atoms with van der Waals surface area (Å²) in [7, 11) is -3.85. The molecule has 1 amide bonds. The van der Waals surface area contributed by atoms with Crippen molar-refractivity contribution in [2.24, 2.45) is 5.10 Å². The Hall–Kier alpha value is -3.91. The summed E-state index contributed by atoms with van der Waals surface area (Å²) in [5.74, 6) is 0.186. The summed E-state index contributed by atoms with van der Waals surface area (Å²) < 4.78 is 33.5. The van der Waals surface area contributed by atoms with Crippen molar-refractivity contribution >= 4 is 38.1 Å². The Kier molecular flexibility index (Phi) is 4.60. The summed E-state index contributed by atoms with van der Waals surface area (Å²) >= 11 is 0. The van der Waals surface area contributed by atoms with Crippen LogP contribution in [0.25, 0.3) is 10.8 Å². The maximum absolute atomic E-state index is 13.6. The quantitative estimate of drug-likeness (QED) is 0.435. The van der Waals surface area contributed by atoms with Crippen LogP contribution in [0.5, 0.6) is 0 Å². The number of amides is 1. The molecule has 0 aliphatic carbocycles. The maximum Gasteiger partial charge on any atom is 0.265 e. The fourth-order valence-corrected chi connectivity index (χ4v) is 6.35. The minimum Gasteiger partial charge on any atom is -0.467 e. The second-order valence-electron chi connectivity index (χ2n) is 8.53. The number of rotatable bonds is 4. The van der Waals surface area contributed by atoms with Gasteiger partial charge in [-0.05, 0) is 42.1 Å². The van der Waals surface area contributed by atoms with E-state index in [1.165, 1.54) is 9.31 Å². The van der Waals surface area contributed by atoms with E-state index in [9.17, 15) is 13.2 Å². The molecule has 34 heavy (non-hydrogen) atoms. The van der Waals surface area contributed by atoms with Gasteiger partial charge in [0.05, 0.1) is 22.6 Å². The summed E-state index contributed by atoms with van der Waals surface area (Å²) in [6.07, 6.45) is 2.04. The zero-order valence-corrected chi connectivity index (χ0v) is 19.2. The topological polar surface area (TPSA) is 83.2 Å². The van der Waals surface area contributed by atoms with Crippen molar-refractivity contribution in [1.82, 2.24) is 5.01 Å². The molecule has 0 fully saturated rings. The van der Waals surface area contributed by atoms with Crippen molar-refractivity contribution in [1.29, 1.82) is 0 Å². The van der Waals surface area contributed by atoms with Gasteiger partial charge in [0.15, 0.2) is 0 Å². The van der Waals surface area contributed by atoms with Crippen molar-refractivity contribution in [3.8, 4) is 0 Å². The van der Waals surface area contributed by atoms with Gasteiger partial charge in [-0.2, -0.15) is 5.10 Å². The van der Waals surface area contributed by atoms with E-state index >= 15 is 0 Å². The molecule has 0 saturated heterocycles. The van der Waals surface area contributed by atoms with Gasteiger partial charge in [0.1, 0.15) is 18.3 Å². The standard InChI is InChI=1S/C26H21N3O4S/c1-17-10-12-18(13-11-17)20-15-22(23-8-4-14-33-23)29(27-20)25(30)16-28-21-7-2-5-19-6-3-9-24(26(19)21)34(28,31)32/h2-14,22H,15-16H2,1H3/t22-/m1/s1. The third kappa shape index (κ3) is 3.13. The van der Waals surface area contributed by atoms with E-state index in [4.69, 9.17) is 4.42 Å². The number of anilines is 1. The molecule has 0 N–H and O–H groups in total. The molecule has 1 atom stereocenters. The van der Waals surface area contributed by atoms with Crippen LogP contribution in [0.2, 0.25) is 0 Å². The lowest BCUT2D eigenvalue weighted by Gasteiger charge is -2.24. The largest absolute Gasteiger partial charge is 0.467 e. The Balaban J connectivity index is 1.37. The second kappa shape index (κ2) is 7.56. The van der Waals surface area contributed by atoms with Gasteiger partial charge in [0.2, 0.25) is 0 Å². The summed E-state index contributed by atoms with van der Waals surface area (Å²) in [6, 6.07) is 21.7. The molecule has 2 aliphatic rings. The van der Waals surface area contributed by atoms with Crippen LogP contribution in [0, 0.1) is 6.92 Å². The number of nitrogens with zero attached hydrogens (tertiary/aromatic N) is 3. The van der Waals surface area contributed by atoms with E-state index in [1.54, 1.807) is 36.6 Å². The average Bonchev–Trinajstić information content (AvgIpc) is 3.56. The molecule has 8 heteroatoms. The van der Waals surface area contributed by atoms with Crippen molar-refractivity contribution in [3.63, 3.8) is 0 Å². The van der Waals surface area contributed by atoms with Crippen LogP contribution in [0.15, 0.2) is 93.5 Å². The first-order chi connectivity index (χ1) is 16.4. The number of hydrogen-bond donors (Lipinski definition) is 0. The Labute approximate surface area is 197 Å². The average molecular weight is 472 g/mol. The molecular formula is C26H21N3O4S. The van der Waals surface area contributed by atoms with Gasteiger partial charge >= 0.3 is 0 Å². The predicted molar refractivity (Wildman–Crippen MR) is 129 cm³/mol. The number of furan rings is 1. The van der Waals surface area contributed by atoms with Gasteiger partial charge in [-0.1, -0.05) is 54.1 Å². The third-order valence-corrected chi connectivity index (χ3v) is 8.18. The lowest BCUT2D eigenvalue weighted by atomic mass is 10.0. The predicted octanol–water partition coefficient (Wildman–Crippen LogP) is 4.63. The number of hydrazone groups is 1. The molecule has 0 radical (unpaired) electrons. The zero-order chi connectivity index (χ0) is 23.4. The fourth-order valence-electron chi connectivity index (χ4n) is 4.69. The molecule has 0 spiro atoms. The summed E-state index contributed by atoms with van der Waals surface area (Å²) in [5, 5.41) is 7.47. The highest BCUT2D eigenvalue weighted by molar-refractivity contribution is 7.93. The molecule has 7 nitrogen and oxygen atoms in total. The van der Waals surface area contributed by atoms with E-state index in [-0.39, 0.29) is 11.4 Å². The van der Waals surface area contributed by atoms with Gasteiger partial charge in [-0.25, -0.2) is 13.4 Å². The molecule has 3 aromatic carbocycles. The number of carbonyl (C=O) groups excluding carboxylic acids is 1. The summed E-state index contributed by atoms with van der Waals surface area (Å²) in [5.41, 5.74) is 3.32. The second-order valence-corrected chi connectivity index (χ2v) is 10.4. The molecule has 0 unspecified atom stereocenters. The molecule has 0 saturated carbocycles. The maximum atomic E-state index is 13.6. The first kappa shape index (κ1) is 20.7. The van der Waals surface area contributed by atoms with Crippen LogP contribution in [0.1, 0.15) is 29.3 Å². The number of hydrogen-bond acceptors (Lipinski definition) is 5. The Morgan fingerprint density at radius 1 is 1.03 bits per heavy atom. The lowest BCUT2D eigenvalue weighted by molar-refractivity contribution is -0.131. The fraction of sp³-hybridized carbons (Fsp3) is 0.154. The summed E-state index contributed by atoms with van der Waals surface area (Å²) in [6.45, 7) is 1.66. The zero-order valence-electron chi connectivity index (χ0n) is 18.4. The van der Waals surface area contributed by atoms with Gasteiger partial charge in [-0.3, -0.25) is 9.10 Å². The normalized spacial score (nSPS) is 18.5. The molecule has 2 aliphatic heterocycles. The molecule has 170 valence electrons. The van der Waals surface area contributed by atoms with Gasteiger partial charge in [0, 0.05) is 11.8 Å². The van der Waals surface area contributed by atoms with Gasteiger partial charge in [-0.15, -0.1) is 0 Å². The first-order valence-electron chi connectivity index (χ1n) is 11.0. The van der Waals surface area contributed by atoms with Crippen LogP contribution in [0.3, 0.4) is 0 Å².